The van der Waals surface area contributed by atoms with Crippen molar-refractivity contribution in [2.45, 2.75) is 76.8 Å². The van der Waals surface area contributed by atoms with E-state index in [0.29, 0.717) is 12.3 Å². The van der Waals surface area contributed by atoms with Gasteiger partial charge in [-0.2, -0.15) is 0 Å². The molecule has 156 valence electrons. The van der Waals surface area contributed by atoms with Gasteiger partial charge in [0.25, 0.3) is 11.8 Å². The molecule has 0 aromatic heterocycles. The third-order valence-electron chi connectivity index (χ3n) is 6.61. The predicted molar refractivity (Wildman–Crippen MR) is 101 cm³/mol. The summed E-state index contributed by atoms with van der Waals surface area (Å²) in [7, 11) is 0. The van der Waals surface area contributed by atoms with Crippen molar-refractivity contribution >= 4 is 23.8 Å². The molecule has 2 N–H and O–H groups in total. The number of urea groups is 1. The summed E-state index contributed by atoms with van der Waals surface area (Å²) in [6.45, 7) is 3.20. The van der Waals surface area contributed by atoms with Crippen LogP contribution in [0.15, 0.2) is 0 Å². The zero-order chi connectivity index (χ0) is 20.3. The van der Waals surface area contributed by atoms with Gasteiger partial charge >= 0.3 is 12.0 Å². The van der Waals surface area contributed by atoms with Crippen LogP contribution in [0.2, 0.25) is 0 Å². The lowest BCUT2D eigenvalue weighted by atomic mass is 9.73. The van der Waals surface area contributed by atoms with Crippen molar-refractivity contribution in [3.8, 4) is 0 Å². The number of imide groups is 1. The molecule has 2 aliphatic carbocycles. The van der Waals surface area contributed by atoms with Gasteiger partial charge in [0, 0.05) is 6.04 Å². The summed E-state index contributed by atoms with van der Waals surface area (Å²) >= 11 is 0. The van der Waals surface area contributed by atoms with Gasteiger partial charge in [-0.05, 0) is 37.5 Å². The topological polar surface area (TPSA) is 105 Å². The number of amides is 4. The molecule has 3 rings (SSSR count). The van der Waals surface area contributed by atoms with Crippen LogP contribution >= 0.6 is 0 Å². The minimum Gasteiger partial charge on any atom is -0.454 e. The third kappa shape index (κ3) is 4.15. The minimum atomic E-state index is -0.899. The van der Waals surface area contributed by atoms with Gasteiger partial charge in [-0.25, -0.2) is 4.79 Å². The Morgan fingerprint density at radius 2 is 1.86 bits per heavy atom. The lowest BCUT2D eigenvalue weighted by Crippen LogP contribution is -2.54. The molecule has 0 aromatic rings. The Bertz CT molecular complexity index is 652. The van der Waals surface area contributed by atoms with Gasteiger partial charge in [-0.1, -0.05) is 39.5 Å². The molecule has 8 nitrogen and oxygen atoms in total. The van der Waals surface area contributed by atoms with E-state index in [2.05, 4.69) is 17.6 Å². The molecular weight excluding hydrogens is 362 g/mol. The average molecular weight is 393 g/mol. The zero-order valence-electron chi connectivity index (χ0n) is 16.8. The monoisotopic (exact) mass is 393 g/mol. The molecule has 0 radical (unpaired) electrons. The number of rotatable bonds is 5. The fraction of sp³-hybridized carbons (Fsp3) is 0.800. The van der Waals surface area contributed by atoms with Crippen molar-refractivity contribution in [1.82, 2.24) is 15.5 Å². The molecule has 1 saturated heterocycles. The molecule has 0 aromatic carbocycles. The summed E-state index contributed by atoms with van der Waals surface area (Å²) in [5.41, 5.74) is -0.899. The highest BCUT2D eigenvalue weighted by Crippen LogP contribution is 2.38. The van der Waals surface area contributed by atoms with E-state index in [-0.39, 0.29) is 23.8 Å². The molecule has 28 heavy (non-hydrogen) atoms. The fourth-order valence-electron chi connectivity index (χ4n) is 4.74. The molecule has 2 saturated carbocycles. The number of hydrogen-bond acceptors (Lipinski definition) is 5. The second-order valence-corrected chi connectivity index (χ2v) is 8.54. The highest BCUT2D eigenvalue weighted by atomic mass is 16.5. The maximum absolute atomic E-state index is 12.8. The molecule has 1 spiro atoms. The van der Waals surface area contributed by atoms with E-state index in [1.165, 1.54) is 6.42 Å². The number of carbonyl (C=O) groups is 4. The molecule has 4 atom stereocenters. The Kier molecular flexibility index (Phi) is 6.25. The van der Waals surface area contributed by atoms with Crippen molar-refractivity contribution in [3.63, 3.8) is 0 Å². The highest BCUT2D eigenvalue weighted by Gasteiger charge is 2.55. The Balaban J connectivity index is 1.48. The van der Waals surface area contributed by atoms with E-state index in [0.717, 1.165) is 43.4 Å². The van der Waals surface area contributed by atoms with Crippen LogP contribution < -0.4 is 10.6 Å². The first-order chi connectivity index (χ1) is 13.3. The summed E-state index contributed by atoms with van der Waals surface area (Å²) < 4.78 is 5.02. The highest BCUT2D eigenvalue weighted by molar-refractivity contribution is 6.09. The smallest absolute Gasteiger partial charge is 0.326 e. The van der Waals surface area contributed by atoms with Crippen LogP contribution in [0.5, 0.6) is 0 Å². The SMILES string of the molecule is C[C@@H]1CCCC[C@H]1NC(=O)COC(=O)CN1C(=O)N[C@]2(CCCC[C@@H]2C)C1=O. The van der Waals surface area contributed by atoms with Gasteiger partial charge in [-0.15, -0.1) is 0 Å². The van der Waals surface area contributed by atoms with Crippen molar-refractivity contribution in [1.29, 1.82) is 0 Å². The average Bonchev–Trinajstić information content (AvgIpc) is 2.89. The van der Waals surface area contributed by atoms with Crippen LogP contribution in [0, 0.1) is 11.8 Å². The number of ether oxygens (including phenoxy) is 1. The first kappa shape index (κ1) is 20.6. The number of hydrogen-bond donors (Lipinski definition) is 2. The van der Waals surface area contributed by atoms with Crippen LogP contribution in [0.1, 0.15) is 65.2 Å². The van der Waals surface area contributed by atoms with E-state index in [4.69, 9.17) is 4.74 Å². The lowest BCUT2D eigenvalue weighted by Gasteiger charge is -2.36. The lowest BCUT2D eigenvalue weighted by molar-refractivity contribution is -0.151. The maximum Gasteiger partial charge on any atom is 0.326 e. The molecule has 4 amide bonds. The molecule has 1 heterocycles. The van der Waals surface area contributed by atoms with E-state index in [1.54, 1.807) is 0 Å². The Morgan fingerprint density at radius 1 is 1.14 bits per heavy atom. The summed E-state index contributed by atoms with van der Waals surface area (Å²) in [5.74, 6) is -1.02. The number of nitrogens with one attached hydrogen (secondary N) is 2. The van der Waals surface area contributed by atoms with Gasteiger partial charge in [0.2, 0.25) is 0 Å². The van der Waals surface area contributed by atoms with Crippen molar-refractivity contribution in [3.05, 3.63) is 0 Å². The zero-order valence-corrected chi connectivity index (χ0v) is 16.8. The predicted octanol–water partition coefficient (Wildman–Crippen LogP) is 1.73. The van der Waals surface area contributed by atoms with E-state index < -0.39 is 30.7 Å². The molecule has 0 bridgehead atoms. The molecule has 8 heteroatoms. The molecule has 3 fully saturated rings. The number of esters is 1. The van der Waals surface area contributed by atoms with Gasteiger partial charge in [0.15, 0.2) is 6.61 Å². The molecular formula is C20H31N3O5. The molecule has 3 aliphatic rings. The summed E-state index contributed by atoms with van der Waals surface area (Å²) in [4.78, 5) is 50.2. The largest absolute Gasteiger partial charge is 0.454 e. The standard InChI is InChI=1S/C20H31N3O5/c1-13-7-3-4-9-15(13)21-16(24)12-28-17(25)11-23-18(26)20(22-19(23)27)10-6-5-8-14(20)2/h13-15H,3-12H2,1-2H3,(H,21,24)(H,22,27)/t13-,14+,15-,20+/m1/s1. The second kappa shape index (κ2) is 8.49. The fourth-order valence-corrected chi connectivity index (χ4v) is 4.74. The van der Waals surface area contributed by atoms with Crippen LogP contribution in [0.3, 0.4) is 0 Å². The summed E-state index contributed by atoms with van der Waals surface area (Å²) in [5, 5.41) is 5.71. The Labute approximate surface area is 165 Å². The van der Waals surface area contributed by atoms with Crippen molar-refractivity contribution in [2.24, 2.45) is 11.8 Å². The van der Waals surface area contributed by atoms with Gasteiger partial charge in [-0.3, -0.25) is 19.3 Å². The van der Waals surface area contributed by atoms with E-state index >= 15 is 0 Å². The van der Waals surface area contributed by atoms with Gasteiger partial charge in [0.05, 0.1) is 0 Å². The Morgan fingerprint density at radius 3 is 2.57 bits per heavy atom. The van der Waals surface area contributed by atoms with Crippen LogP contribution in [0.25, 0.3) is 0 Å². The maximum atomic E-state index is 12.8. The first-order valence-corrected chi connectivity index (χ1v) is 10.4. The quantitative estimate of drug-likeness (QED) is 0.547. The van der Waals surface area contributed by atoms with Crippen molar-refractivity contribution in [2.75, 3.05) is 13.2 Å². The first-order valence-electron chi connectivity index (χ1n) is 10.4. The van der Waals surface area contributed by atoms with Crippen LogP contribution in [-0.2, 0) is 19.1 Å². The third-order valence-corrected chi connectivity index (χ3v) is 6.61. The van der Waals surface area contributed by atoms with E-state index in [1.807, 2.05) is 6.92 Å². The van der Waals surface area contributed by atoms with Gasteiger partial charge in [0.1, 0.15) is 12.1 Å². The normalized spacial score (nSPS) is 32.9. The van der Waals surface area contributed by atoms with Gasteiger partial charge < -0.3 is 15.4 Å². The van der Waals surface area contributed by atoms with Crippen LogP contribution in [0.4, 0.5) is 4.79 Å². The summed E-state index contributed by atoms with van der Waals surface area (Å²) in [6, 6.07) is -0.449. The number of nitrogens with zero attached hydrogens (tertiary/aromatic N) is 1. The number of carbonyl (C=O) groups excluding carboxylic acids is 4. The minimum absolute atomic E-state index is 0.0296. The second-order valence-electron chi connectivity index (χ2n) is 8.54. The van der Waals surface area contributed by atoms with Crippen molar-refractivity contribution < 1.29 is 23.9 Å². The summed E-state index contributed by atoms with van der Waals surface area (Å²) in [6.07, 6.45) is 7.63. The van der Waals surface area contributed by atoms with Crippen LogP contribution in [-0.4, -0.2) is 53.4 Å². The molecule has 1 aliphatic heterocycles. The van der Waals surface area contributed by atoms with E-state index in [9.17, 15) is 19.2 Å². The Hall–Kier alpha value is -2.12. The molecule has 0 unspecified atom stereocenters.